The summed E-state index contributed by atoms with van der Waals surface area (Å²) < 4.78 is 31.9. The van der Waals surface area contributed by atoms with Crippen LogP contribution in [-0.4, -0.2) is 51.2 Å². The van der Waals surface area contributed by atoms with Crippen LogP contribution >= 0.6 is 15.9 Å². The van der Waals surface area contributed by atoms with E-state index in [4.69, 9.17) is 15.6 Å². The summed E-state index contributed by atoms with van der Waals surface area (Å²) in [5, 5.41) is 9.04. The lowest BCUT2D eigenvalue weighted by Crippen LogP contribution is -2.36. The van der Waals surface area contributed by atoms with E-state index in [0.29, 0.717) is 15.7 Å². The maximum Gasteiger partial charge on any atom is 0.243 e. The van der Waals surface area contributed by atoms with Crippen molar-refractivity contribution in [3.8, 4) is 0 Å². The lowest BCUT2D eigenvalue weighted by Gasteiger charge is -2.22. The number of anilines is 1. The molecule has 0 atom stereocenters. The molecule has 3 N–H and O–H groups in total. The normalized spacial score (nSPS) is 12.1. The van der Waals surface area contributed by atoms with E-state index in [1.165, 1.54) is 17.5 Å². The molecule has 0 saturated carbocycles. The molecule has 0 aromatic heterocycles. The highest BCUT2D eigenvalue weighted by Gasteiger charge is 2.26. The van der Waals surface area contributed by atoms with E-state index < -0.39 is 10.0 Å². The Morgan fingerprint density at radius 3 is 2.60 bits per heavy atom. The van der Waals surface area contributed by atoms with Crippen molar-refractivity contribution < 1.29 is 18.3 Å². The Labute approximate surface area is 127 Å². The van der Waals surface area contributed by atoms with Gasteiger partial charge in [-0.3, -0.25) is 0 Å². The molecule has 0 aliphatic carbocycles. The highest BCUT2D eigenvalue weighted by atomic mass is 79.9. The second-order valence-corrected chi connectivity index (χ2v) is 7.02. The number of nitrogen functional groups attached to an aromatic ring is 1. The Morgan fingerprint density at radius 1 is 1.40 bits per heavy atom. The number of ether oxygens (including phenoxy) is 1. The van der Waals surface area contributed by atoms with Crippen molar-refractivity contribution in [1.82, 2.24) is 4.31 Å². The van der Waals surface area contributed by atoms with Crippen LogP contribution in [0.4, 0.5) is 5.69 Å². The van der Waals surface area contributed by atoms with Crippen molar-refractivity contribution in [1.29, 1.82) is 0 Å². The molecule has 0 bridgehead atoms. The van der Waals surface area contributed by atoms with Gasteiger partial charge in [0.2, 0.25) is 10.0 Å². The molecule has 0 aliphatic heterocycles. The van der Waals surface area contributed by atoms with E-state index >= 15 is 0 Å². The Kier molecular flexibility index (Phi) is 6.41. The summed E-state index contributed by atoms with van der Waals surface area (Å²) in [5.41, 5.74) is 6.70. The zero-order valence-corrected chi connectivity index (χ0v) is 13.9. The molecule has 0 radical (unpaired) electrons. The van der Waals surface area contributed by atoms with Gasteiger partial charge in [0.15, 0.2) is 0 Å². The molecule has 114 valence electrons. The van der Waals surface area contributed by atoms with Crippen molar-refractivity contribution in [2.75, 3.05) is 39.1 Å². The maximum atomic E-state index is 12.6. The summed E-state index contributed by atoms with van der Waals surface area (Å²) in [7, 11) is -2.22. The largest absolute Gasteiger partial charge is 0.398 e. The fourth-order valence-corrected chi connectivity index (χ4v) is 3.86. The smallest absolute Gasteiger partial charge is 0.243 e. The summed E-state index contributed by atoms with van der Waals surface area (Å²) >= 11 is 3.26. The molecular weight excluding hydrogens is 348 g/mol. The number of aliphatic hydroxyl groups is 1. The molecule has 1 rings (SSSR count). The molecule has 0 amide bonds. The van der Waals surface area contributed by atoms with E-state index in [0.717, 1.165) is 0 Å². The number of halogens is 1. The molecule has 0 spiro atoms. The van der Waals surface area contributed by atoms with Crippen LogP contribution in [0.3, 0.4) is 0 Å². The second-order valence-electron chi connectivity index (χ2n) is 4.26. The van der Waals surface area contributed by atoms with E-state index in [1.807, 2.05) is 0 Å². The van der Waals surface area contributed by atoms with E-state index in [1.54, 1.807) is 13.0 Å². The number of benzene rings is 1. The Hall–Kier alpha value is -0.670. The summed E-state index contributed by atoms with van der Waals surface area (Å²) in [6.45, 7) is 1.89. The lowest BCUT2D eigenvalue weighted by atomic mass is 10.2. The molecule has 8 heteroatoms. The quantitative estimate of drug-likeness (QED) is 0.701. The highest BCUT2D eigenvalue weighted by Crippen LogP contribution is 2.28. The fourth-order valence-electron chi connectivity index (χ4n) is 1.74. The topological polar surface area (TPSA) is 92.9 Å². The van der Waals surface area contributed by atoms with Crippen LogP contribution in [0.1, 0.15) is 5.56 Å². The summed E-state index contributed by atoms with van der Waals surface area (Å²) in [6, 6.07) is 3.08. The Morgan fingerprint density at radius 2 is 2.05 bits per heavy atom. The van der Waals surface area contributed by atoms with Crippen LogP contribution in [0.5, 0.6) is 0 Å². The molecule has 0 fully saturated rings. The SMILES string of the molecule is COCCN(CCO)S(=O)(=O)c1cc(N)c(Br)cc1C. The minimum Gasteiger partial charge on any atom is -0.398 e. The third kappa shape index (κ3) is 3.92. The van der Waals surface area contributed by atoms with Gasteiger partial charge >= 0.3 is 0 Å². The first-order chi connectivity index (χ1) is 9.34. The molecule has 1 aromatic carbocycles. The van der Waals surface area contributed by atoms with Gasteiger partial charge in [0.1, 0.15) is 0 Å². The summed E-state index contributed by atoms with van der Waals surface area (Å²) in [6.07, 6.45) is 0. The third-order valence-electron chi connectivity index (χ3n) is 2.81. The van der Waals surface area contributed by atoms with Gasteiger partial charge in [-0.25, -0.2) is 8.42 Å². The van der Waals surface area contributed by atoms with Gasteiger partial charge < -0.3 is 15.6 Å². The van der Waals surface area contributed by atoms with E-state index in [2.05, 4.69) is 15.9 Å². The third-order valence-corrected chi connectivity index (χ3v) is 5.53. The average molecular weight is 367 g/mol. The van der Waals surface area contributed by atoms with Gasteiger partial charge in [0.05, 0.1) is 18.1 Å². The standard InChI is InChI=1S/C12H19BrN2O4S/c1-9-7-10(13)11(14)8-12(9)20(17,18)15(3-5-16)4-6-19-2/h7-8,16H,3-6,14H2,1-2H3. The molecule has 0 unspecified atom stereocenters. The highest BCUT2D eigenvalue weighted by molar-refractivity contribution is 9.10. The average Bonchev–Trinajstić information content (AvgIpc) is 2.38. The first-order valence-electron chi connectivity index (χ1n) is 6.00. The fraction of sp³-hybridized carbons (Fsp3) is 0.500. The van der Waals surface area contributed by atoms with Crippen molar-refractivity contribution in [2.24, 2.45) is 0 Å². The number of rotatable bonds is 7. The van der Waals surface area contributed by atoms with Gasteiger partial charge in [0, 0.05) is 30.4 Å². The first kappa shape index (κ1) is 17.4. The molecule has 1 aromatic rings. The molecule has 0 saturated heterocycles. The summed E-state index contributed by atoms with van der Waals surface area (Å²) in [5.74, 6) is 0. The van der Waals surface area contributed by atoms with Gasteiger partial charge in [0.25, 0.3) is 0 Å². The van der Waals surface area contributed by atoms with Gasteiger partial charge in [-0.15, -0.1) is 0 Å². The molecular formula is C12H19BrN2O4S. The predicted octanol–water partition coefficient (Wildman–Crippen LogP) is 0.969. The first-order valence-corrected chi connectivity index (χ1v) is 8.23. The van der Waals surface area contributed by atoms with Crippen molar-refractivity contribution in [2.45, 2.75) is 11.8 Å². The van der Waals surface area contributed by atoms with Crippen molar-refractivity contribution >= 4 is 31.6 Å². The molecule has 6 nitrogen and oxygen atoms in total. The Bertz CT molecular complexity index is 563. The number of nitrogens with two attached hydrogens (primary N) is 1. The number of hydrogen-bond acceptors (Lipinski definition) is 5. The monoisotopic (exact) mass is 366 g/mol. The van der Waals surface area contributed by atoms with E-state index in [9.17, 15) is 8.42 Å². The van der Waals surface area contributed by atoms with Crippen LogP contribution in [0.25, 0.3) is 0 Å². The zero-order chi connectivity index (χ0) is 15.3. The Balaban J connectivity index is 3.22. The lowest BCUT2D eigenvalue weighted by molar-refractivity contribution is 0.168. The number of aliphatic hydroxyl groups excluding tert-OH is 1. The zero-order valence-electron chi connectivity index (χ0n) is 11.5. The molecule has 0 heterocycles. The number of sulfonamides is 1. The molecule has 20 heavy (non-hydrogen) atoms. The van der Waals surface area contributed by atoms with Crippen molar-refractivity contribution in [3.63, 3.8) is 0 Å². The molecule has 0 aliphatic rings. The van der Waals surface area contributed by atoms with Gasteiger partial charge in [-0.1, -0.05) is 0 Å². The number of methoxy groups -OCH3 is 1. The second kappa shape index (κ2) is 7.37. The number of aryl methyl sites for hydroxylation is 1. The van der Waals surface area contributed by atoms with Crippen LogP contribution in [0.15, 0.2) is 21.5 Å². The van der Waals surface area contributed by atoms with Crippen LogP contribution in [0.2, 0.25) is 0 Å². The van der Waals surface area contributed by atoms with Crippen LogP contribution < -0.4 is 5.73 Å². The van der Waals surface area contributed by atoms with Gasteiger partial charge in [-0.2, -0.15) is 4.31 Å². The number of nitrogens with zero attached hydrogens (tertiary/aromatic N) is 1. The predicted molar refractivity (Wildman–Crippen MR) is 81.0 cm³/mol. The van der Waals surface area contributed by atoms with Gasteiger partial charge in [-0.05, 0) is 40.5 Å². The number of hydrogen-bond donors (Lipinski definition) is 2. The van der Waals surface area contributed by atoms with E-state index in [-0.39, 0.29) is 31.2 Å². The summed E-state index contributed by atoms with van der Waals surface area (Å²) in [4.78, 5) is 0.141. The minimum atomic E-state index is -3.71. The van der Waals surface area contributed by atoms with Crippen LogP contribution in [-0.2, 0) is 14.8 Å². The van der Waals surface area contributed by atoms with Crippen molar-refractivity contribution in [3.05, 3.63) is 22.2 Å². The maximum absolute atomic E-state index is 12.6. The minimum absolute atomic E-state index is 0.0150. The van der Waals surface area contributed by atoms with Crippen LogP contribution in [0, 0.1) is 6.92 Å².